The molecule has 224 valence electrons. The van der Waals surface area contributed by atoms with Crippen LogP contribution in [0.5, 0.6) is 5.75 Å². The number of nitrogens with one attached hydrogen (secondary N) is 2. The lowest BCUT2D eigenvalue weighted by Gasteiger charge is -2.32. The number of rotatable bonds is 7. The van der Waals surface area contributed by atoms with E-state index in [1.54, 1.807) is 7.11 Å². The Morgan fingerprint density at radius 3 is 2.70 bits per heavy atom. The fraction of sp³-hybridized carbons (Fsp3) is 0.281. The maximum absolute atomic E-state index is 13.3. The highest BCUT2D eigenvalue weighted by Gasteiger charge is 2.27. The van der Waals surface area contributed by atoms with Crippen LogP contribution in [0.1, 0.15) is 40.6 Å². The van der Waals surface area contributed by atoms with Gasteiger partial charge in [-0.2, -0.15) is 10.2 Å². The van der Waals surface area contributed by atoms with Crippen molar-refractivity contribution in [2.75, 3.05) is 31.2 Å². The Labute approximate surface area is 253 Å². The van der Waals surface area contributed by atoms with Crippen LogP contribution in [-0.4, -0.2) is 65.5 Å². The van der Waals surface area contributed by atoms with Gasteiger partial charge in [0, 0.05) is 54.9 Å². The summed E-state index contributed by atoms with van der Waals surface area (Å²) in [6.07, 6.45) is 5.32. The van der Waals surface area contributed by atoms with E-state index >= 15 is 0 Å². The number of amides is 1. The van der Waals surface area contributed by atoms with Crippen LogP contribution in [0.3, 0.4) is 0 Å². The highest BCUT2D eigenvalue weighted by Crippen LogP contribution is 2.37. The monoisotopic (exact) mass is 590 g/mol. The van der Waals surface area contributed by atoms with Gasteiger partial charge in [-0.05, 0) is 44.0 Å². The van der Waals surface area contributed by atoms with Crippen molar-refractivity contribution in [3.8, 4) is 17.0 Å². The summed E-state index contributed by atoms with van der Waals surface area (Å²) in [6, 6.07) is 15.6. The number of aromatic amines is 1. The summed E-state index contributed by atoms with van der Waals surface area (Å²) in [5.41, 5.74) is 13.0. The van der Waals surface area contributed by atoms with Crippen molar-refractivity contribution in [1.29, 1.82) is 0 Å². The smallest absolute Gasteiger partial charge is 0.272 e. The molecule has 12 heteroatoms. The number of benzene rings is 2. The number of aryl methyl sites for hydroxylation is 2. The fourth-order valence-corrected chi connectivity index (χ4v) is 6.19. The molecule has 1 saturated heterocycles. The third-order valence-corrected chi connectivity index (χ3v) is 8.66. The van der Waals surface area contributed by atoms with Crippen molar-refractivity contribution in [2.45, 2.75) is 32.4 Å². The Kier molecular flexibility index (Phi) is 6.97. The number of aromatic nitrogens is 7. The zero-order valence-corrected chi connectivity index (χ0v) is 24.9. The number of fused-ring (bicyclic) bond motifs is 2. The Morgan fingerprint density at radius 1 is 1.14 bits per heavy atom. The highest BCUT2D eigenvalue weighted by atomic mass is 16.5. The molecule has 1 amide bonds. The second kappa shape index (κ2) is 11.1. The maximum atomic E-state index is 13.3. The van der Waals surface area contributed by atoms with Gasteiger partial charge in [0.05, 0.1) is 29.9 Å². The zero-order chi connectivity index (χ0) is 30.4. The third-order valence-electron chi connectivity index (χ3n) is 8.66. The minimum atomic E-state index is -0.226. The van der Waals surface area contributed by atoms with Crippen molar-refractivity contribution in [3.63, 3.8) is 0 Å². The van der Waals surface area contributed by atoms with E-state index in [1.807, 2.05) is 77.9 Å². The predicted octanol–water partition coefficient (Wildman–Crippen LogP) is 4.70. The first-order valence-electron chi connectivity index (χ1n) is 14.7. The molecule has 0 radical (unpaired) electrons. The van der Waals surface area contributed by atoms with Crippen LogP contribution in [0.25, 0.3) is 33.2 Å². The summed E-state index contributed by atoms with van der Waals surface area (Å²) >= 11 is 0. The van der Waals surface area contributed by atoms with E-state index in [0.717, 1.165) is 54.6 Å². The van der Waals surface area contributed by atoms with Crippen LogP contribution in [-0.2, 0) is 13.6 Å². The molecule has 2 aromatic carbocycles. The molecule has 0 atom stereocenters. The largest absolute Gasteiger partial charge is 0.495 e. The number of nitrogens with two attached hydrogens (primary N) is 1. The van der Waals surface area contributed by atoms with E-state index in [-0.39, 0.29) is 11.9 Å². The highest BCUT2D eigenvalue weighted by molar-refractivity contribution is 6.07. The number of hydrogen-bond donors (Lipinski definition) is 3. The summed E-state index contributed by atoms with van der Waals surface area (Å²) in [6.45, 7) is 4.77. The average Bonchev–Trinajstić information content (AvgIpc) is 3.73. The van der Waals surface area contributed by atoms with Crippen LogP contribution in [0.2, 0.25) is 0 Å². The van der Waals surface area contributed by atoms with Crippen LogP contribution < -0.4 is 15.8 Å². The molecular weight excluding hydrogens is 556 g/mol. The summed E-state index contributed by atoms with van der Waals surface area (Å²) in [4.78, 5) is 24.6. The van der Waals surface area contributed by atoms with Gasteiger partial charge >= 0.3 is 0 Å². The molecule has 7 rings (SSSR count). The second-order valence-electron chi connectivity index (χ2n) is 11.3. The number of nitrogen functional groups attached to an aromatic ring is 1. The van der Waals surface area contributed by atoms with Gasteiger partial charge < -0.3 is 20.4 Å². The molecule has 1 fully saturated rings. The summed E-state index contributed by atoms with van der Waals surface area (Å²) in [7, 11) is 3.47. The van der Waals surface area contributed by atoms with Gasteiger partial charge in [-0.1, -0.05) is 24.3 Å². The molecule has 0 spiro atoms. The Bertz CT molecular complexity index is 2000. The summed E-state index contributed by atoms with van der Waals surface area (Å²) in [5.74, 6) is 0.656. The molecule has 0 bridgehead atoms. The molecule has 0 aliphatic carbocycles. The van der Waals surface area contributed by atoms with Crippen molar-refractivity contribution in [2.24, 2.45) is 7.05 Å². The molecule has 44 heavy (non-hydrogen) atoms. The van der Waals surface area contributed by atoms with E-state index in [9.17, 15) is 4.79 Å². The number of piperidine rings is 1. The second-order valence-corrected chi connectivity index (χ2v) is 11.3. The van der Waals surface area contributed by atoms with E-state index in [4.69, 9.17) is 15.6 Å². The minimum absolute atomic E-state index is 0.170. The van der Waals surface area contributed by atoms with E-state index < -0.39 is 0 Å². The lowest BCUT2D eigenvalue weighted by Crippen LogP contribution is -2.34. The van der Waals surface area contributed by atoms with Crippen LogP contribution in [0.4, 0.5) is 11.5 Å². The maximum Gasteiger partial charge on any atom is 0.272 e. The van der Waals surface area contributed by atoms with Gasteiger partial charge in [-0.25, -0.2) is 14.6 Å². The molecule has 1 aliphatic rings. The quantitative estimate of drug-likeness (QED) is 0.243. The van der Waals surface area contributed by atoms with Gasteiger partial charge in [0.2, 0.25) is 0 Å². The lowest BCUT2D eigenvalue weighted by molar-refractivity contribution is 0.101. The first-order valence-corrected chi connectivity index (χ1v) is 14.7. The van der Waals surface area contributed by atoms with Crippen molar-refractivity contribution in [1.82, 2.24) is 39.4 Å². The minimum Gasteiger partial charge on any atom is -0.495 e. The summed E-state index contributed by atoms with van der Waals surface area (Å²) in [5, 5.41) is 17.0. The molecule has 12 nitrogen and oxygen atoms in total. The molecule has 5 heterocycles. The molecule has 0 saturated carbocycles. The topological polar surface area (TPSA) is 145 Å². The van der Waals surface area contributed by atoms with Gasteiger partial charge in [-0.15, -0.1) is 0 Å². The van der Waals surface area contributed by atoms with Gasteiger partial charge in [-0.3, -0.25) is 14.8 Å². The number of anilines is 2. The lowest BCUT2D eigenvalue weighted by atomic mass is 10.0. The molecule has 4 aromatic heterocycles. The zero-order valence-electron chi connectivity index (χ0n) is 24.9. The standard InChI is InChI=1S/C32H34N10O2/c1-19-22(16-36-38-19)17-41-12-10-23(11-13-41)42-31-28(30(33)34-18-35-31)29(39-42)21-8-9-24(27(15-21)44-3)37-32(43)26-14-20-6-4-5-7-25(20)40(26)2/h4-9,14-16,18,23H,10-13,17H2,1-3H3,(H,36,38)(H,37,43)(H2,33,34,35). The number of carbonyl (C=O) groups is 1. The molecule has 4 N–H and O–H groups in total. The Hall–Kier alpha value is -5.23. The van der Waals surface area contributed by atoms with E-state index in [2.05, 4.69) is 30.4 Å². The third kappa shape index (κ3) is 4.82. The first-order chi connectivity index (χ1) is 21.4. The van der Waals surface area contributed by atoms with Crippen LogP contribution >= 0.6 is 0 Å². The Balaban J connectivity index is 1.16. The number of methoxy groups -OCH3 is 1. The van der Waals surface area contributed by atoms with Crippen LogP contribution in [0, 0.1) is 6.92 Å². The van der Waals surface area contributed by atoms with E-state index in [0.29, 0.717) is 39.7 Å². The normalized spacial score (nSPS) is 14.4. The van der Waals surface area contributed by atoms with E-state index in [1.165, 1.54) is 11.9 Å². The number of para-hydroxylation sites is 1. The van der Waals surface area contributed by atoms with Gasteiger partial charge in [0.1, 0.15) is 29.3 Å². The fourth-order valence-electron chi connectivity index (χ4n) is 6.19. The molecular formula is C32H34N10O2. The van der Waals surface area contributed by atoms with Gasteiger partial charge in [0.25, 0.3) is 5.91 Å². The summed E-state index contributed by atoms with van der Waals surface area (Å²) < 4.78 is 9.62. The molecule has 1 aliphatic heterocycles. The Morgan fingerprint density at radius 2 is 1.95 bits per heavy atom. The predicted molar refractivity (Wildman–Crippen MR) is 169 cm³/mol. The van der Waals surface area contributed by atoms with Gasteiger partial charge in [0.15, 0.2) is 5.65 Å². The average molecular weight is 591 g/mol. The number of ether oxygens (including phenoxy) is 1. The first kappa shape index (κ1) is 27.6. The number of carbonyl (C=O) groups excluding carboxylic acids is 1. The van der Waals surface area contributed by atoms with Crippen molar-refractivity contribution >= 4 is 39.3 Å². The number of likely N-dealkylation sites (tertiary alicyclic amines) is 1. The van der Waals surface area contributed by atoms with Crippen molar-refractivity contribution < 1.29 is 9.53 Å². The SMILES string of the molecule is COc1cc(-c2nn(C3CCN(Cc4c[nH]nc4C)CC3)c3ncnc(N)c23)ccc1NC(=O)c1cc2ccccc2n1C. The number of hydrogen-bond acceptors (Lipinski definition) is 8. The van der Waals surface area contributed by atoms with Crippen molar-refractivity contribution in [3.05, 3.63) is 78.0 Å². The van der Waals surface area contributed by atoms with Crippen LogP contribution in [0.15, 0.2) is 61.1 Å². The number of nitrogens with zero attached hydrogens (tertiary/aromatic N) is 7. The molecule has 0 unspecified atom stereocenters. The number of H-pyrrole nitrogens is 1. The molecule has 6 aromatic rings.